The van der Waals surface area contributed by atoms with Crippen molar-refractivity contribution >= 4 is 0 Å². The summed E-state index contributed by atoms with van der Waals surface area (Å²) in [7, 11) is 0. The molecule has 0 aromatic heterocycles. The van der Waals surface area contributed by atoms with Crippen molar-refractivity contribution < 1.29 is 0 Å². The van der Waals surface area contributed by atoms with Gasteiger partial charge < -0.3 is 10.6 Å². The van der Waals surface area contributed by atoms with Gasteiger partial charge in [0.05, 0.1) is 0 Å². The van der Waals surface area contributed by atoms with E-state index in [9.17, 15) is 0 Å². The Morgan fingerprint density at radius 3 is 2.72 bits per heavy atom. The molecule has 0 bridgehead atoms. The second-order valence-corrected chi connectivity index (χ2v) is 6.20. The van der Waals surface area contributed by atoms with Gasteiger partial charge in [-0.05, 0) is 37.3 Å². The van der Waals surface area contributed by atoms with Crippen LogP contribution in [0.25, 0.3) is 0 Å². The SMILES string of the molecule is CC1(NCC2Cc3ccccc3CN2)CCCC1. The molecule has 1 saturated carbocycles. The number of rotatable bonds is 3. The summed E-state index contributed by atoms with van der Waals surface area (Å²) >= 11 is 0. The second-order valence-electron chi connectivity index (χ2n) is 6.20. The van der Waals surface area contributed by atoms with Crippen LogP contribution in [0.4, 0.5) is 0 Å². The van der Waals surface area contributed by atoms with E-state index in [0.29, 0.717) is 11.6 Å². The largest absolute Gasteiger partial charge is 0.310 e. The summed E-state index contributed by atoms with van der Waals surface area (Å²) in [6, 6.07) is 9.41. The van der Waals surface area contributed by atoms with Crippen LogP contribution in [-0.4, -0.2) is 18.1 Å². The van der Waals surface area contributed by atoms with Crippen LogP contribution in [0.15, 0.2) is 24.3 Å². The molecule has 1 heterocycles. The van der Waals surface area contributed by atoms with Crippen molar-refractivity contribution in [2.75, 3.05) is 6.54 Å². The van der Waals surface area contributed by atoms with E-state index in [2.05, 4.69) is 41.8 Å². The molecule has 18 heavy (non-hydrogen) atoms. The van der Waals surface area contributed by atoms with E-state index in [1.807, 2.05) is 0 Å². The standard InChI is InChI=1S/C16H24N2/c1-16(8-4-5-9-16)18-12-15-10-13-6-2-3-7-14(13)11-17-15/h2-3,6-7,15,17-18H,4-5,8-12H2,1H3. The molecule has 0 saturated heterocycles. The Labute approximate surface area is 110 Å². The van der Waals surface area contributed by atoms with Gasteiger partial charge in [-0.2, -0.15) is 0 Å². The van der Waals surface area contributed by atoms with Gasteiger partial charge in [0.2, 0.25) is 0 Å². The Kier molecular flexibility index (Phi) is 3.40. The maximum Gasteiger partial charge on any atom is 0.0236 e. The predicted molar refractivity (Wildman–Crippen MR) is 75.6 cm³/mol. The minimum Gasteiger partial charge on any atom is -0.310 e. The monoisotopic (exact) mass is 244 g/mol. The Morgan fingerprint density at radius 1 is 1.22 bits per heavy atom. The normalized spacial score (nSPS) is 25.9. The van der Waals surface area contributed by atoms with Gasteiger partial charge in [0.15, 0.2) is 0 Å². The Balaban J connectivity index is 1.56. The summed E-state index contributed by atoms with van der Waals surface area (Å²) in [6.07, 6.45) is 6.64. The molecule has 1 aromatic carbocycles. The van der Waals surface area contributed by atoms with Crippen LogP contribution >= 0.6 is 0 Å². The van der Waals surface area contributed by atoms with Crippen molar-refractivity contribution in [1.29, 1.82) is 0 Å². The van der Waals surface area contributed by atoms with Crippen LogP contribution in [0.3, 0.4) is 0 Å². The van der Waals surface area contributed by atoms with Gasteiger partial charge in [-0.25, -0.2) is 0 Å². The van der Waals surface area contributed by atoms with E-state index in [0.717, 1.165) is 13.1 Å². The van der Waals surface area contributed by atoms with Crippen LogP contribution in [0, 0.1) is 0 Å². The summed E-state index contributed by atoms with van der Waals surface area (Å²) in [5.41, 5.74) is 3.40. The molecule has 0 amide bonds. The lowest BCUT2D eigenvalue weighted by molar-refractivity contribution is 0.329. The number of hydrogen-bond acceptors (Lipinski definition) is 2. The third kappa shape index (κ3) is 2.60. The first-order valence-corrected chi connectivity index (χ1v) is 7.30. The third-order valence-electron chi connectivity index (χ3n) is 4.65. The number of benzene rings is 1. The minimum absolute atomic E-state index is 0.401. The molecule has 0 radical (unpaired) electrons. The molecule has 1 unspecified atom stereocenters. The maximum absolute atomic E-state index is 3.80. The van der Waals surface area contributed by atoms with Gasteiger partial charge in [0.1, 0.15) is 0 Å². The van der Waals surface area contributed by atoms with Gasteiger partial charge >= 0.3 is 0 Å². The second kappa shape index (κ2) is 5.02. The van der Waals surface area contributed by atoms with E-state index in [-0.39, 0.29) is 0 Å². The number of hydrogen-bond donors (Lipinski definition) is 2. The fourth-order valence-electron chi connectivity index (χ4n) is 3.37. The topological polar surface area (TPSA) is 24.1 Å². The molecule has 1 aliphatic carbocycles. The Morgan fingerprint density at radius 2 is 1.94 bits per heavy atom. The Hall–Kier alpha value is -0.860. The van der Waals surface area contributed by atoms with Crippen LogP contribution in [0.5, 0.6) is 0 Å². The number of fused-ring (bicyclic) bond motifs is 1. The van der Waals surface area contributed by atoms with Crippen LogP contribution in [-0.2, 0) is 13.0 Å². The molecule has 2 heteroatoms. The van der Waals surface area contributed by atoms with E-state index in [1.54, 1.807) is 0 Å². The predicted octanol–water partition coefficient (Wildman–Crippen LogP) is 2.62. The van der Waals surface area contributed by atoms with Gasteiger partial charge in [-0.1, -0.05) is 37.1 Å². The third-order valence-corrected chi connectivity index (χ3v) is 4.65. The lowest BCUT2D eigenvalue weighted by atomic mass is 9.94. The molecule has 3 rings (SSSR count). The lowest BCUT2D eigenvalue weighted by Crippen LogP contribution is -2.49. The van der Waals surface area contributed by atoms with Crippen molar-refractivity contribution in [2.45, 2.75) is 57.2 Å². The van der Waals surface area contributed by atoms with E-state index >= 15 is 0 Å². The fraction of sp³-hybridized carbons (Fsp3) is 0.625. The zero-order chi connectivity index (χ0) is 12.4. The molecule has 2 aliphatic rings. The average molecular weight is 244 g/mol. The van der Waals surface area contributed by atoms with E-state index in [1.165, 1.54) is 43.2 Å². The lowest BCUT2D eigenvalue weighted by Gasteiger charge is -2.31. The molecule has 1 aromatic rings. The average Bonchev–Trinajstić information content (AvgIpc) is 2.84. The van der Waals surface area contributed by atoms with Crippen LogP contribution < -0.4 is 10.6 Å². The summed E-state index contributed by atoms with van der Waals surface area (Å²) in [6.45, 7) is 4.51. The Bertz CT molecular complexity index is 407. The molecule has 0 spiro atoms. The van der Waals surface area contributed by atoms with Gasteiger partial charge in [-0.3, -0.25) is 0 Å². The summed E-state index contributed by atoms with van der Waals surface area (Å²) in [4.78, 5) is 0. The first-order chi connectivity index (χ1) is 8.75. The fourth-order valence-corrected chi connectivity index (χ4v) is 3.37. The van der Waals surface area contributed by atoms with Gasteiger partial charge in [-0.15, -0.1) is 0 Å². The molecule has 2 N–H and O–H groups in total. The summed E-state index contributed by atoms with van der Waals surface area (Å²) in [5.74, 6) is 0. The van der Waals surface area contributed by atoms with E-state index < -0.39 is 0 Å². The van der Waals surface area contributed by atoms with Crippen molar-refractivity contribution in [2.24, 2.45) is 0 Å². The summed E-state index contributed by atoms with van der Waals surface area (Å²) < 4.78 is 0. The van der Waals surface area contributed by atoms with E-state index in [4.69, 9.17) is 0 Å². The summed E-state index contributed by atoms with van der Waals surface area (Å²) in [5, 5.41) is 7.45. The van der Waals surface area contributed by atoms with Gasteiger partial charge in [0.25, 0.3) is 0 Å². The zero-order valence-corrected chi connectivity index (χ0v) is 11.3. The van der Waals surface area contributed by atoms with Crippen LogP contribution in [0.2, 0.25) is 0 Å². The molecule has 98 valence electrons. The number of nitrogens with one attached hydrogen (secondary N) is 2. The molecular formula is C16H24N2. The quantitative estimate of drug-likeness (QED) is 0.854. The van der Waals surface area contributed by atoms with Crippen molar-refractivity contribution in [3.8, 4) is 0 Å². The van der Waals surface area contributed by atoms with Gasteiger partial charge in [0, 0.05) is 24.7 Å². The van der Waals surface area contributed by atoms with Crippen molar-refractivity contribution in [3.05, 3.63) is 35.4 Å². The highest BCUT2D eigenvalue weighted by molar-refractivity contribution is 5.30. The van der Waals surface area contributed by atoms with Crippen molar-refractivity contribution in [3.63, 3.8) is 0 Å². The first kappa shape index (κ1) is 12.2. The molecule has 1 atom stereocenters. The highest BCUT2D eigenvalue weighted by atomic mass is 15.0. The highest BCUT2D eigenvalue weighted by Gasteiger charge is 2.29. The van der Waals surface area contributed by atoms with Crippen molar-refractivity contribution in [1.82, 2.24) is 10.6 Å². The minimum atomic E-state index is 0.401. The molecule has 1 fully saturated rings. The maximum atomic E-state index is 3.80. The van der Waals surface area contributed by atoms with Crippen LogP contribution in [0.1, 0.15) is 43.7 Å². The first-order valence-electron chi connectivity index (χ1n) is 7.30. The molecule has 2 nitrogen and oxygen atoms in total. The highest BCUT2D eigenvalue weighted by Crippen LogP contribution is 2.29. The molecule has 1 aliphatic heterocycles. The smallest absolute Gasteiger partial charge is 0.0236 e. The zero-order valence-electron chi connectivity index (χ0n) is 11.3. The molecular weight excluding hydrogens is 220 g/mol.